The molecule has 3 rings (SSSR count). The second-order valence-electron chi connectivity index (χ2n) is 5.22. The van der Waals surface area contributed by atoms with Gasteiger partial charge in [0.2, 0.25) is 0 Å². The molecular formula is C17H13FN2O3. The van der Waals surface area contributed by atoms with E-state index in [0.29, 0.717) is 28.5 Å². The molecule has 0 bridgehead atoms. The topological polar surface area (TPSA) is 72.2 Å². The number of carboxylic acid groups (broad SMARTS) is 1. The fourth-order valence-electron chi connectivity index (χ4n) is 2.55. The van der Waals surface area contributed by atoms with Crippen molar-refractivity contribution in [3.8, 4) is 0 Å². The van der Waals surface area contributed by atoms with Crippen LogP contribution in [0.25, 0.3) is 10.8 Å². The van der Waals surface area contributed by atoms with Gasteiger partial charge in [-0.2, -0.15) is 5.10 Å². The van der Waals surface area contributed by atoms with Crippen molar-refractivity contribution in [1.82, 2.24) is 9.78 Å². The molecule has 2 aromatic carbocycles. The van der Waals surface area contributed by atoms with Crippen LogP contribution in [0, 0.1) is 5.82 Å². The molecule has 1 aromatic heterocycles. The smallest absolute Gasteiger partial charge is 0.338 e. The van der Waals surface area contributed by atoms with E-state index in [-0.39, 0.29) is 11.1 Å². The zero-order valence-corrected chi connectivity index (χ0v) is 12.3. The SMILES string of the molecule is Cn1nc(Cc2ccc(F)c(C(=O)O)c2)c2ccccc2c1=O. The Morgan fingerprint density at radius 2 is 1.91 bits per heavy atom. The highest BCUT2D eigenvalue weighted by atomic mass is 19.1. The first-order valence-corrected chi connectivity index (χ1v) is 6.94. The van der Waals surface area contributed by atoms with Crippen molar-refractivity contribution in [2.75, 3.05) is 0 Å². The van der Waals surface area contributed by atoms with E-state index in [1.807, 2.05) is 0 Å². The number of aryl methyl sites for hydroxylation is 1. The number of halogens is 1. The highest BCUT2D eigenvalue weighted by molar-refractivity contribution is 5.88. The van der Waals surface area contributed by atoms with Gasteiger partial charge in [0.05, 0.1) is 16.6 Å². The second-order valence-corrected chi connectivity index (χ2v) is 5.22. The van der Waals surface area contributed by atoms with E-state index in [1.54, 1.807) is 31.3 Å². The van der Waals surface area contributed by atoms with E-state index < -0.39 is 11.8 Å². The van der Waals surface area contributed by atoms with Gasteiger partial charge < -0.3 is 5.11 Å². The van der Waals surface area contributed by atoms with Crippen molar-refractivity contribution in [2.24, 2.45) is 7.05 Å². The fraction of sp³-hybridized carbons (Fsp3) is 0.118. The monoisotopic (exact) mass is 312 g/mol. The molecule has 0 amide bonds. The normalized spacial score (nSPS) is 10.9. The Kier molecular flexibility index (Phi) is 3.65. The lowest BCUT2D eigenvalue weighted by Gasteiger charge is -2.09. The Balaban J connectivity index is 2.13. The van der Waals surface area contributed by atoms with E-state index in [2.05, 4.69) is 5.10 Å². The molecule has 6 heteroatoms. The van der Waals surface area contributed by atoms with E-state index in [9.17, 15) is 14.0 Å². The summed E-state index contributed by atoms with van der Waals surface area (Å²) in [5, 5.41) is 14.5. The molecule has 0 saturated carbocycles. The molecule has 0 unspecified atom stereocenters. The van der Waals surface area contributed by atoms with Crippen LogP contribution in [-0.2, 0) is 13.5 Å². The van der Waals surface area contributed by atoms with Crippen molar-refractivity contribution >= 4 is 16.7 Å². The molecule has 116 valence electrons. The Bertz CT molecular complexity index is 979. The van der Waals surface area contributed by atoms with Crippen molar-refractivity contribution in [1.29, 1.82) is 0 Å². The molecule has 0 radical (unpaired) electrons. The number of nitrogens with zero attached hydrogens (tertiary/aromatic N) is 2. The molecule has 0 spiro atoms. The Morgan fingerprint density at radius 3 is 2.61 bits per heavy atom. The predicted octanol–water partition coefficient (Wildman–Crippen LogP) is 2.36. The number of hydrogen-bond donors (Lipinski definition) is 1. The summed E-state index contributed by atoms with van der Waals surface area (Å²) < 4.78 is 14.7. The second kappa shape index (κ2) is 5.64. The van der Waals surface area contributed by atoms with Crippen LogP contribution in [-0.4, -0.2) is 20.9 Å². The predicted molar refractivity (Wildman–Crippen MR) is 83.1 cm³/mol. The summed E-state index contributed by atoms with van der Waals surface area (Å²) in [5.41, 5.74) is 0.664. The minimum Gasteiger partial charge on any atom is -0.478 e. The van der Waals surface area contributed by atoms with Crippen LogP contribution in [0.15, 0.2) is 47.3 Å². The molecule has 3 aromatic rings. The molecular weight excluding hydrogens is 299 g/mol. The van der Waals surface area contributed by atoms with Gasteiger partial charge >= 0.3 is 5.97 Å². The molecule has 23 heavy (non-hydrogen) atoms. The summed E-state index contributed by atoms with van der Waals surface area (Å²) in [7, 11) is 1.56. The first-order valence-electron chi connectivity index (χ1n) is 6.94. The fourth-order valence-corrected chi connectivity index (χ4v) is 2.55. The number of aromatic carboxylic acids is 1. The molecule has 0 fully saturated rings. The third-order valence-corrected chi connectivity index (χ3v) is 3.67. The standard InChI is InChI=1S/C17H13FN2O3/c1-20-16(21)12-5-3-2-4-11(12)15(19-20)9-10-6-7-14(18)13(8-10)17(22)23/h2-8H,9H2,1H3,(H,22,23). The molecule has 5 nitrogen and oxygen atoms in total. The summed E-state index contributed by atoms with van der Waals surface area (Å²) >= 11 is 0. The van der Waals surface area contributed by atoms with E-state index >= 15 is 0 Å². The highest BCUT2D eigenvalue weighted by Crippen LogP contribution is 2.18. The maximum absolute atomic E-state index is 13.5. The van der Waals surface area contributed by atoms with Crippen LogP contribution >= 0.6 is 0 Å². The van der Waals surface area contributed by atoms with Crippen LogP contribution < -0.4 is 5.56 Å². The lowest BCUT2D eigenvalue weighted by molar-refractivity contribution is 0.0691. The van der Waals surface area contributed by atoms with Gasteiger partial charge in [-0.15, -0.1) is 0 Å². The van der Waals surface area contributed by atoms with Crippen LogP contribution in [0.5, 0.6) is 0 Å². The van der Waals surface area contributed by atoms with Gasteiger partial charge in [-0.05, 0) is 23.8 Å². The first-order chi connectivity index (χ1) is 11.0. The summed E-state index contributed by atoms with van der Waals surface area (Å²) in [6, 6.07) is 11.0. The largest absolute Gasteiger partial charge is 0.478 e. The van der Waals surface area contributed by atoms with Gasteiger partial charge in [-0.1, -0.05) is 24.3 Å². The quantitative estimate of drug-likeness (QED) is 0.806. The van der Waals surface area contributed by atoms with Crippen molar-refractivity contribution < 1.29 is 14.3 Å². The minimum atomic E-state index is -1.32. The molecule has 0 aliphatic carbocycles. The van der Waals surface area contributed by atoms with Gasteiger partial charge in [0.1, 0.15) is 5.82 Å². The number of fused-ring (bicyclic) bond motifs is 1. The van der Waals surface area contributed by atoms with E-state index in [1.165, 1.54) is 16.8 Å². The summed E-state index contributed by atoms with van der Waals surface area (Å²) in [6.45, 7) is 0. The molecule has 0 aliphatic heterocycles. The number of aromatic nitrogens is 2. The number of carbonyl (C=O) groups is 1. The third kappa shape index (κ3) is 2.70. The minimum absolute atomic E-state index is 0.199. The van der Waals surface area contributed by atoms with Crippen LogP contribution in [0.1, 0.15) is 21.6 Å². The van der Waals surface area contributed by atoms with Crippen molar-refractivity contribution in [3.63, 3.8) is 0 Å². The zero-order valence-electron chi connectivity index (χ0n) is 12.3. The van der Waals surface area contributed by atoms with Gasteiger partial charge in [-0.25, -0.2) is 13.9 Å². The number of rotatable bonds is 3. The number of benzene rings is 2. The van der Waals surface area contributed by atoms with Crippen LogP contribution in [0.2, 0.25) is 0 Å². The van der Waals surface area contributed by atoms with Gasteiger partial charge in [-0.3, -0.25) is 4.79 Å². The van der Waals surface area contributed by atoms with Crippen molar-refractivity contribution in [2.45, 2.75) is 6.42 Å². The Morgan fingerprint density at radius 1 is 1.22 bits per heavy atom. The maximum Gasteiger partial charge on any atom is 0.338 e. The molecule has 0 saturated heterocycles. The highest BCUT2D eigenvalue weighted by Gasteiger charge is 2.13. The lowest BCUT2D eigenvalue weighted by atomic mass is 10.0. The third-order valence-electron chi connectivity index (χ3n) is 3.67. The van der Waals surface area contributed by atoms with Crippen molar-refractivity contribution in [3.05, 3.63) is 75.5 Å². The van der Waals surface area contributed by atoms with E-state index in [0.717, 1.165) is 6.07 Å². The average molecular weight is 312 g/mol. The number of carboxylic acids is 1. The molecule has 1 heterocycles. The van der Waals surface area contributed by atoms with Gasteiger partial charge in [0.25, 0.3) is 5.56 Å². The summed E-state index contributed by atoms with van der Waals surface area (Å²) in [4.78, 5) is 23.1. The van der Waals surface area contributed by atoms with Gasteiger partial charge in [0.15, 0.2) is 0 Å². The van der Waals surface area contributed by atoms with Gasteiger partial charge in [0, 0.05) is 18.9 Å². The zero-order chi connectivity index (χ0) is 16.6. The number of hydrogen-bond acceptors (Lipinski definition) is 3. The first kappa shape index (κ1) is 14.9. The average Bonchev–Trinajstić information content (AvgIpc) is 2.54. The maximum atomic E-state index is 13.5. The Hall–Kier alpha value is -3.02. The van der Waals surface area contributed by atoms with Crippen LogP contribution in [0.3, 0.4) is 0 Å². The molecule has 0 atom stereocenters. The van der Waals surface area contributed by atoms with Crippen LogP contribution in [0.4, 0.5) is 4.39 Å². The van der Waals surface area contributed by atoms with E-state index in [4.69, 9.17) is 5.11 Å². The summed E-state index contributed by atoms with van der Waals surface area (Å²) in [5.74, 6) is -2.10. The lowest BCUT2D eigenvalue weighted by Crippen LogP contribution is -2.21. The summed E-state index contributed by atoms with van der Waals surface area (Å²) in [6.07, 6.45) is 0.301. The Labute approximate surface area is 130 Å². The molecule has 1 N–H and O–H groups in total. The molecule has 0 aliphatic rings.